The van der Waals surface area contributed by atoms with Crippen LogP contribution in [0.25, 0.3) is 6.08 Å². The van der Waals surface area contributed by atoms with Gasteiger partial charge in [0.15, 0.2) is 11.6 Å². The molecule has 1 unspecified atom stereocenters. The van der Waals surface area contributed by atoms with Gasteiger partial charge in [0.1, 0.15) is 24.6 Å². The van der Waals surface area contributed by atoms with Crippen LogP contribution in [0, 0.1) is 0 Å². The normalized spacial score (nSPS) is 21.7. The maximum absolute atomic E-state index is 12.4. The van der Waals surface area contributed by atoms with E-state index in [1.165, 1.54) is 37.3 Å². The molecule has 2 N–H and O–H groups in total. The molecule has 0 bridgehead atoms. The van der Waals surface area contributed by atoms with Gasteiger partial charge in [0.05, 0.1) is 19.3 Å². The summed E-state index contributed by atoms with van der Waals surface area (Å²) in [5.74, 6) is -7.38. The van der Waals surface area contributed by atoms with Gasteiger partial charge in [-0.3, -0.25) is 19.2 Å². The fraction of sp³-hybridized carbons (Fsp3) is 0.350. The number of rotatable bonds is 3. The molecule has 10 heteroatoms. The number of carbonyl (C=O) groups excluding carboxylic acids is 5. The van der Waals surface area contributed by atoms with Crippen LogP contribution < -0.4 is 0 Å². The van der Waals surface area contributed by atoms with Crippen molar-refractivity contribution >= 4 is 35.2 Å². The Labute approximate surface area is 171 Å². The van der Waals surface area contributed by atoms with Crippen molar-refractivity contribution in [2.75, 3.05) is 13.1 Å². The molecular weight excluding hydrogens is 396 g/mol. The third-order valence-corrected chi connectivity index (χ3v) is 4.08. The van der Waals surface area contributed by atoms with Crippen LogP contribution in [0.3, 0.4) is 0 Å². The van der Waals surface area contributed by atoms with E-state index in [1.54, 1.807) is 0 Å². The summed E-state index contributed by atoms with van der Waals surface area (Å²) in [4.78, 5) is 60.5. The van der Waals surface area contributed by atoms with Crippen molar-refractivity contribution < 1.29 is 38.9 Å². The number of aromatic hydroxyl groups is 1. The van der Waals surface area contributed by atoms with Crippen LogP contribution in [0.2, 0.25) is 0 Å². The van der Waals surface area contributed by atoms with E-state index in [9.17, 15) is 34.2 Å². The second-order valence-corrected chi connectivity index (χ2v) is 6.76. The van der Waals surface area contributed by atoms with E-state index in [1.807, 2.05) is 0 Å². The van der Waals surface area contributed by atoms with Gasteiger partial charge in [0.2, 0.25) is 5.78 Å². The largest absolute Gasteiger partial charge is 0.508 e. The van der Waals surface area contributed by atoms with Gasteiger partial charge in [-0.1, -0.05) is 12.1 Å². The maximum atomic E-state index is 12.4. The molecule has 0 saturated carbocycles. The zero-order chi connectivity index (χ0) is 22.3. The molecule has 10 nitrogen and oxygen atoms in total. The number of carbonyl (C=O) groups is 5. The Bertz CT molecular complexity index is 933. The average molecular weight is 416 g/mol. The predicted octanol–water partition coefficient (Wildman–Crippen LogP) is 0.940. The van der Waals surface area contributed by atoms with Gasteiger partial charge in [-0.05, 0) is 30.7 Å². The first-order chi connectivity index (χ1) is 14.1. The Balaban J connectivity index is 2.25. The Kier molecular flexibility index (Phi) is 7.43. The van der Waals surface area contributed by atoms with Crippen LogP contribution in [0.1, 0.15) is 31.7 Å². The predicted molar refractivity (Wildman–Crippen MR) is 101 cm³/mol. The monoisotopic (exact) mass is 416 g/mol. The molecule has 0 radical (unpaired) electrons. The molecule has 0 aromatic heterocycles. The van der Waals surface area contributed by atoms with Crippen molar-refractivity contribution in [1.29, 1.82) is 0 Å². The molecule has 0 saturated heterocycles. The summed E-state index contributed by atoms with van der Waals surface area (Å²) in [6.07, 6.45) is -1.06. The summed E-state index contributed by atoms with van der Waals surface area (Å²) < 4.78 is 4.92. The Morgan fingerprint density at radius 1 is 1.00 bits per heavy atom. The fourth-order valence-corrected chi connectivity index (χ4v) is 2.54. The van der Waals surface area contributed by atoms with Crippen LogP contribution in [-0.4, -0.2) is 58.2 Å². The lowest BCUT2D eigenvalue weighted by Crippen LogP contribution is -2.46. The number of phenolic OH excluding ortho intramolecular Hbond substituents is 1. The number of nitrogens with zero attached hydrogens (tertiary/aromatic N) is 2. The van der Waals surface area contributed by atoms with Crippen molar-refractivity contribution in [3.63, 3.8) is 0 Å². The molecule has 1 atom stereocenters. The molecule has 2 rings (SSSR count). The van der Waals surface area contributed by atoms with E-state index < -0.39 is 67.2 Å². The quantitative estimate of drug-likeness (QED) is 0.319. The van der Waals surface area contributed by atoms with E-state index in [0.717, 1.165) is 0 Å². The first-order valence-electron chi connectivity index (χ1n) is 8.94. The minimum Gasteiger partial charge on any atom is -0.508 e. The molecule has 0 spiro atoms. The molecule has 1 aliphatic rings. The Morgan fingerprint density at radius 2 is 1.57 bits per heavy atom. The van der Waals surface area contributed by atoms with Crippen molar-refractivity contribution in [2.45, 2.75) is 32.0 Å². The summed E-state index contributed by atoms with van der Waals surface area (Å²) in [5, 5.41) is 26.9. The minimum absolute atomic E-state index is 0.0170. The van der Waals surface area contributed by atoms with E-state index in [-0.39, 0.29) is 11.3 Å². The second kappa shape index (κ2) is 9.79. The van der Waals surface area contributed by atoms with Crippen LogP contribution in [0.4, 0.5) is 0 Å². The molecule has 30 heavy (non-hydrogen) atoms. The maximum Gasteiger partial charge on any atom is 0.336 e. The lowest BCUT2D eigenvalue weighted by molar-refractivity contribution is -0.208. The van der Waals surface area contributed by atoms with Crippen molar-refractivity contribution in [1.82, 2.24) is 0 Å². The SMILES string of the molecule is CC(=Cc1ccc(O)cc1)C(=O)OC1(O)CC(=O)CC(=O)CN=NCC(=O)CC1=O. The number of hydrogen-bond donors (Lipinski definition) is 2. The first-order valence-corrected chi connectivity index (χ1v) is 8.94. The number of azo groups is 1. The number of ketones is 4. The fourth-order valence-electron chi connectivity index (χ4n) is 2.54. The smallest absolute Gasteiger partial charge is 0.336 e. The van der Waals surface area contributed by atoms with Gasteiger partial charge in [0, 0.05) is 5.57 Å². The molecule has 1 aromatic rings. The van der Waals surface area contributed by atoms with Gasteiger partial charge in [-0.2, -0.15) is 10.2 Å². The van der Waals surface area contributed by atoms with Gasteiger partial charge in [0.25, 0.3) is 5.79 Å². The summed E-state index contributed by atoms with van der Waals surface area (Å²) in [5.41, 5.74) is 0.512. The Hall–Kier alpha value is -3.53. The summed E-state index contributed by atoms with van der Waals surface area (Å²) in [6.45, 7) is 0.450. The highest BCUT2D eigenvalue weighted by atomic mass is 16.7. The van der Waals surface area contributed by atoms with Crippen LogP contribution in [-0.2, 0) is 28.7 Å². The molecule has 1 aromatic carbocycles. The molecule has 1 aliphatic heterocycles. The third-order valence-electron chi connectivity index (χ3n) is 4.08. The van der Waals surface area contributed by atoms with Gasteiger partial charge < -0.3 is 14.9 Å². The zero-order valence-corrected chi connectivity index (χ0v) is 16.2. The molecule has 0 fully saturated rings. The molecule has 1 heterocycles. The highest BCUT2D eigenvalue weighted by molar-refractivity contribution is 6.08. The van der Waals surface area contributed by atoms with Crippen LogP contribution >= 0.6 is 0 Å². The van der Waals surface area contributed by atoms with Gasteiger partial charge in [-0.25, -0.2) is 4.79 Å². The number of benzene rings is 1. The topological polar surface area (TPSA) is 160 Å². The summed E-state index contributed by atoms with van der Waals surface area (Å²) >= 11 is 0. The number of ether oxygens (including phenoxy) is 1. The lowest BCUT2D eigenvalue weighted by Gasteiger charge is -2.26. The third kappa shape index (κ3) is 6.52. The van der Waals surface area contributed by atoms with Gasteiger partial charge >= 0.3 is 5.97 Å². The van der Waals surface area contributed by atoms with E-state index >= 15 is 0 Å². The molecule has 0 amide bonds. The number of aliphatic hydroxyl groups is 1. The first kappa shape index (κ1) is 22.8. The molecule has 158 valence electrons. The zero-order valence-electron chi connectivity index (χ0n) is 16.2. The number of phenols is 1. The number of Topliss-reactive ketones (excluding diaryl/α,β-unsaturated/α-hetero) is 4. The van der Waals surface area contributed by atoms with Crippen LogP contribution in [0.5, 0.6) is 5.75 Å². The average Bonchev–Trinajstić information content (AvgIpc) is 2.65. The van der Waals surface area contributed by atoms with Crippen molar-refractivity contribution in [3.05, 3.63) is 35.4 Å². The summed E-state index contributed by atoms with van der Waals surface area (Å²) in [6, 6.07) is 5.83. The van der Waals surface area contributed by atoms with E-state index in [4.69, 9.17) is 4.74 Å². The van der Waals surface area contributed by atoms with Crippen molar-refractivity contribution in [2.24, 2.45) is 10.2 Å². The highest BCUT2D eigenvalue weighted by Gasteiger charge is 2.43. The minimum atomic E-state index is -2.90. The van der Waals surface area contributed by atoms with E-state index in [0.29, 0.717) is 5.56 Å². The van der Waals surface area contributed by atoms with Gasteiger partial charge in [-0.15, -0.1) is 0 Å². The standard InChI is InChI=1S/C20H20N2O8/c1-12(6-13-2-4-14(23)5-3-13)19(28)30-20(29)9-15(24)7-16(25)10-21-22-11-17(26)8-18(20)27/h2-6,23,29H,7-11H2,1H3. The summed E-state index contributed by atoms with van der Waals surface area (Å²) in [7, 11) is 0. The van der Waals surface area contributed by atoms with E-state index in [2.05, 4.69) is 10.2 Å². The molecular formula is C20H20N2O8. The van der Waals surface area contributed by atoms with Crippen LogP contribution in [0.15, 0.2) is 40.1 Å². The Morgan fingerprint density at radius 3 is 2.17 bits per heavy atom. The molecule has 0 aliphatic carbocycles. The highest BCUT2D eigenvalue weighted by Crippen LogP contribution is 2.22. The second-order valence-electron chi connectivity index (χ2n) is 6.76. The van der Waals surface area contributed by atoms with Crippen molar-refractivity contribution in [3.8, 4) is 5.75 Å². The number of hydrogen-bond acceptors (Lipinski definition) is 10. The number of esters is 1. The lowest BCUT2D eigenvalue weighted by atomic mass is 9.98.